The van der Waals surface area contributed by atoms with Gasteiger partial charge in [0.05, 0.1) is 23.6 Å². The molecule has 2 saturated heterocycles. The second-order valence-electron chi connectivity index (χ2n) is 9.10. The van der Waals surface area contributed by atoms with E-state index in [1.54, 1.807) is 38.5 Å². The molecule has 2 aromatic carbocycles. The number of nitrogens with zero attached hydrogens (tertiary/aromatic N) is 2. The van der Waals surface area contributed by atoms with E-state index in [1.165, 1.54) is 33.5 Å². The number of carbonyl (C=O) groups excluding carboxylic acids is 2. The lowest BCUT2D eigenvalue weighted by Crippen LogP contribution is -2.35. The molecule has 0 saturated carbocycles. The molecule has 0 aromatic heterocycles. The summed E-state index contributed by atoms with van der Waals surface area (Å²) in [6, 6.07) is 11.9. The van der Waals surface area contributed by atoms with E-state index in [0.29, 0.717) is 37.4 Å². The summed E-state index contributed by atoms with van der Waals surface area (Å²) in [7, 11) is -0.540. The highest BCUT2D eigenvalue weighted by Crippen LogP contribution is 2.40. The molecule has 4 rings (SSSR count). The molecular formula is C27H32N2O7S. The Morgan fingerprint density at radius 1 is 0.973 bits per heavy atom. The van der Waals surface area contributed by atoms with Crippen LogP contribution in [0.25, 0.3) is 5.76 Å². The number of methoxy groups -OCH3 is 2. The summed E-state index contributed by atoms with van der Waals surface area (Å²) in [6.45, 7) is 1.64. The maximum Gasteiger partial charge on any atom is 0.295 e. The molecular weight excluding hydrogens is 496 g/mol. The van der Waals surface area contributed by atoms with Crippen LogP contribution in [0.2, 0.25) is 0 Å². The van der Waals surface area contributed by atoms with Gasteiger partial charge in [-0.25, -0.2) is 8.42 Å². The summed E-state index contributed by atoms with van der Waals surface area (Å²) in [5, 5.41) is 11.2. The van der Waals surface area contributed by atoms with Gasteiger partial charge in [0.15, 0.2) is 0 Å². The first-order valence-electron chi connectivity index (χ1n) is 12.3. The van der Waals surface area contributed by atoms with E-state index in [2.05, 4.69) is 0 Å². The minimum Gasteiger partial charge on any atom is -0.507 e. The van der Waals surface area contributed by atoms with E-state index in [-0.39, 0.29) is 28.3 Å². The molecule has 1 amide bonds. The minimum atomic E-state index is -3.64. The Kier molecular flexibility index (Phi) is 8.31. The molecule has 0 aliphatic carbocycles. The quantitative estimate of drug-likeness (QED) is 0.230. The normalized spacial score (nSPS) is 20.4. The molecule has 10 heteroatoms. The SMILES string of the molecule is COCCCN1C(=O)C(=O)C(=C(O)c2ccc(S(=O)(=O)N3CCCCC3)cc2)C1c1ccc(OC)cc1. The summed E-state index contributed by atoms with van der Waals surface area (Å²) in [6.07, 6.45) is 3.18. The Bertz CT molecular complexity index is 1260. The number of aliphatic hydroxyl groups excluding tert-OH is 1. The van der Waals surface area contributed by atoms with Crippen LogP contribution in [0.5, 0.6) is 5.75 Å². The molecule has 0 spiro atoms. The Labute approximate surface area is 217 Å². The molecule has 1 atom stereocenters. The van der Waals surface area contributed by atoms with Crippen molar-refractivity contribution >= 4 is 27.5 Å². The predicted octanol–water partition coefficient (Wildman–Crippen LogP) is 3.33. The number of benzene rings is 2. The third-order valence-electron chi connectivity index (χ3n) is 6.80. The second-order valence-corrected chi connectivity index (χ2v) is 11.0. The standard InChI is InChI=1S/C27H32N2O7S/c1-35-18-6-17-29-24(19-7-11-21(36-2)12-8-19)23(26(31)27(29)32)25(30)20-9-13-22(14-10-20)37(33,34)28-15-4-3-5-16-28/h7-14,24,30H,3-6,15-18H2,1-2H3. The van der Waals surface area contributed by atoms with E-state index < -0.39 is 27.8 Å². The van der Waals surface area contributed by atoms with Gasteiger partial charge in [-0.05, 0) is 61.2 Å². The van der Waals surface area contributed by atoms with Gasteiger partial charge in [-0.15, -0.1) is 0 Å². The number of hydrogen-bond donors (Lipinski definition) is 1. The molecule has 2 heterocycles. The van der Waals surface area contributed by atoms with Crippen LogP contribution in [0.1, 0.15) is 42.9 Å². The van der Waals surface area contributed by atoms with Crippen molar-refractivity contribution in [2.24, 2.45) is 0 Å². The Hall–Kier alpha value is -3.21. The molecule has 37 heavy (non-hydrogen) atoms. The topological polar surface area (TPSA) is 113 Å². The maximum absolute atomic E-state index is 13.1. The molecule has 2 fully saturated rings. The molecule has 1 unspecified atom stereocenters. The first-order valence-corrected chi connectivity index (χ1v) is 13.8. The predicted molar refractivity (Wildman–Crippen MR) is 138 cm³/mol. The van der Waals surface area contributed by atoms with Crippen LogP contribution in [0.4, 0.5) is 0 Å². The fourth-order valence-electron chi connectivity index (χ4n) is 4.82. The lowest BCUT2D eigenvalue weighted by Gasteiger charge is -2.26. The molecule has 2 aliphatic rings. The number of aliphatic hydroxyl groups is 1. The van der Waals surface area contributed by atoms with Crippen molar-refractivity contribution in [2.75, 3.05) is 40.5 Å². The molecule has 198 valence electrons. The van der Waals surface area contributed by atoms with Crippen LogP contribution in [-0.4, -0.2) is 74.9 Å². The average molecular weight is 529 g/mol. The molecule has 0 radical (unpaired) electrons. The fraction of sp³-hybridized carbons (Fsp3) is 0.407. The van der Waals surface area contributed by atoms with Gasteiger partial charge in [-0.3, -0.25) is 9.59 Å². The summed E-state index contributed by atoms with van der Waals surface area (Å²) < 4.78 is 37.8. The second kappa shape index (κ2) is 11.5. The monoisotopic (exact) mass is 528 g/mol. The van der Waals surface area contributed by atoms with Crippen LogP contribution in [0, 0.1) is 0 Å². The maximum atomic E-state index is 13.1. The molecule has 0 bridgehead atoms. The zero-order valence-corrected chi connectivity index (χ0v) is 21.9. The third-order valence-corrected chi connectivity index (χ3v) is 8.71. The van der Waals surface area contributed by atoms with E-state index >= 15 is 0 Å². The van der Waals surface area contributed by atoms with Crippen molar-refractivity contribution < 1.29 is 32.6 Å². The fourth-order valence-corrected chi connectivity index (χ4v) is 6.33. The minimum absolute atomic E-state index is 0.0424. The summed E-state index contributed by atoms with van der Waals surface area (Å²) >= 11 is 0. The number of likely N-dealkylation sites (tertiary alicyclic amines) is 1. The Morgan fingerprint density at radius 2 is 1.62 bits per heavy atom. The molecule has 1 N–H and O–H groups in total. The number of piperidine rings is 1. The number of sulfonamides is 1. The van der Waals surface area contributed by atoms with Gasteiger partial charge in [-0.2, -0.15) is 4.31 Å². The van der Waals surface area contributed by atoms with Gasteiger partial charge in [-0.1, -0.05) is 18.6 Å². The number of ketones is 1. The lowest BCUT2D eigenvalue weighted by molar-refractivity contribution is -0.140. The van der Waals surface area contributed by atoms with Gasteiger partial charge in [0.2, 0.25) is 10.0 Å². The number of ether oxygens (including phenoxy) is 2. The lowest BCUT2D eigenvalue weighted by atomic mass is 9.95. The largest absolute Gasteiger partial charge is 0.507 e. The van der Waals surface area contributed by atoms with Crippen molar-refractivity contribution in [1.29, 1.82) is 0 Å². The zero-order valence-electron chi connectivity index (χ0n) is 21.1. The highest BCUT2D eigenvalue weighted by atomic mass is 32.2. The Balaban J connectivity index is 1.72. The van der Waals surface area contributed by atoms with Gasteiger partial charge >= 0.3 is 0 Å². The van der Waals surface area contributed by atoms with Crippen LogP contribution < -0.4 is 4.74 Å². The molecule has 2 aliphatic heterocycles. The van der Waals surface area contributed by atoms with Crippen molar-refractivity contribution in [3.8, 4) is 5.75 Å². The van der Waals surface area contributed by atoms with Crippen molar-refractivity contribution in [3.05, 3.63) is 65.2 Å². The molecule has 2 aromatic rings. The average Bonchev–Trinajstić information content (AvgIpc) is 3.18. The van der Waals surface area contributed by atoms with Crippen LogP contribution in [0.3, 0.4) is 0 Å². The van der Waals surface area contributed by atoms with Crippen molar-refractivity contribution in [1.82, 2.24) is 9.21 Å². The van der Waals surface area contributed by atoms with Gasteiger partial charge in [0.25, 0.3) is 11.7 Å². The number of Topliss-reactive ketones (excluding diaryl/α,β-unsaturated/α-hetero) is 1. The van der Waals surface area contributed by atoms with E-state index in [9.17, 15) is 23.1 Å². The Morgan fingerprint density at radius 3 is 2.22 bits per heavy atom. The van der Waals surface area contributed by atoms with Crippen LogP contribution in [-0.2, 0) is 24.3 Å². The first kappa shape index (κ1) is 26.8. The smallest absolute Gasteiger partial charge is 0.295 e. The number of hydrogen-bond acceptors (Lipinski definition) is 7. The van der Waals surface area contributed by atoms with Gasteiger partial charge in [0.1, 0.15) is 11.5 Å². The number of rotatable bonds is 9. The summed E-state index contributed by atoms with van der Waals surface area (Å²) in [5.74, 6) is -1.23. The highest BCUT2D eigenvalue weighted by molar-refractivity contribution is 7.89. The number of amides is 1. The van der Waals surface area contributed by atoms with E-state index in [1.807, 2.05) is 0 Å². The van der Waals surface area contributed by atoms with Gasteiger partial charge < -0.3 is 19.5 Å². The van der Waals surface area contributed by atoms with Crippen molar-refractivity contribution in [2.45, 2.75) is 36.6 Å². The summed E-state index contributed by atoms with van der Waals surface area (Å²) in [4.78, 5) is 27.7. The highest BCUT2D eigenvalue weighted by Gasteiger charge is 2.45. The summed E-state index contributed by atoms with van der Waals surface area (Å²) in [5.41, 5.74) is 0.855. The van der Waals surface area contributed by atoms with Crippen LogP contribution in [0.15, 0.2) is 59.0 Å². The van der Waals surface area contributed by atoms with Crippen molar-refractivity contribution in [3.63, 3.8) is 0 Å². The van der Waals surface area contributed by atoms with Gasteiger partial charge in [0, 0.05) is 38.9 Å². The van der Waals surface area contributed by atoms with Crippen LogP contribution >= 0.6 is 0 Å². The number of carbonyl (C=O) groups is 2. The van der Waals surface area contributed by atoms with E-state index in [4.69, 9.17) is 9.47 Å². The zero-order chi connectivity index (χ0) is 26.6. The van der Waals surface area contributed by atoms with E-state index in [0.717, 1.165) is 19.3 Å². The third kappa shape index (κ3) is 5.41. The molecule has 9 nitrogen and oxygen atoms in total. The first-order chi connectivity index (χ1) is 17.8.